The number of amides is 1. The van der Waals surface area contributed by atoms with Gasteiger partial charge in [-0.25, -0.2) is 0 Å². The number of likely N-dealkylation sites (tertiary alicyclic amines) is 1. The van der Waals surface area contributed by atoms with E-state index in [9.17, 15) is 14.7 Å². The zero-order valence-corrected chi connectivity index (χ0v) is 21.3. The van der Waals surface area contributed by atoms with Crippen LogP contribution in [0.3, 0.4) is 0 Å². The molecule has 204 valence electrons. The van der Waals surface area contributed by atoms with E-state index >= 15 is 0 Å². The summed E-state index contributed by atoms with van der Waals surface area (Å²) >= 11 is 0. The Balaban J connectivity index is 1.37. The van der Waals surface area contributed by atoms with E-state index in [2.05, 4.69) is 0 Å². The number of hydrogen-bond donors (Lipinski definition) is 1. The predicted molar refractivity (Wildman–Crippen MR) is 137 cm³/mol. The Bertz CT molecular complexity index is 1600. The number of Topliss-reactive ketones (excluding diaryl/α,β-unsaturated/α-hetero) is 1. The highest BCUT2D eigenvalue weighted by Crippen LogP contribution is 2.48. The minimum absolute atomic E-state index is 0.00370. The zero-order chi connectivity index (χ0) is 27.4. The van der Waals surface area contributed by atoms with E-state index in [1.54, 1.807) is 48.5 Å². The Morgan fingerprint density at radius 1 is 0.850 bits per heavy atom. The number of carbonyl (C=O) groups is 2. The van der Waals surface area contributed by atoms with Crippen molar-refractivity contribution in [2.45, 2.75) is 12.6 Å². The maximum Gasteiger partial charge on any atom is 0.295 e. The second kappa shape index (κ2) is 9.30. The Hall–Kier alpha value is -5.06. The number of fused-ring (bicyclic) bond motifs is 3. The van der Waals surface area contributed by atoms with E-state index in [1.165, 1.54) is 12.0 Å². The molecule has 0 saturated carbocycles. The van der Waals surface area contributed by atoms with Crippen LogP contribution < -0.4 is 33.2 Å². The van der Waals surface area contributed by atoms with Gasteiger partial charge in [0.25, 0.3) is 11.7 Å². The van der Waals surface area contributed by atoms with Gasteiger partial charge in [-0.2, -0.15) is 0 Å². The van der Waals surface area contributed by atoms with Crippen LogP contribution in [0.1, 0.15) is 22.7 Å². The lowest BCUT2D eigenvalue weighted by Gasteiger charge is -2.26. The molecular formula is C29H23NO10. The number of hydrogen-bond acceptors (Lipinski definition) is 10. The van der Waals surface area contributed by atoms with Gasteiger partial charge in [0.15, 0.2) is 34.5 Å². The number of methoxy groups -OCH3 is 1. The first-order valence-electron chi connectivity index (χ1n) is 12.6. The maximum atomic E-state index is 13.6. The first-order valence-corrected chi connectivity index (χ1v) is 12.6. The topological polar surface area (TPSA) is 122 Å². The third-order valence-electron chi connectivity index (χ3n) is 7.14. The van der Waals surface area contributed by atoms with E-state index in [-0.39, 0.29) is 31.5 Å². The number of aliphatic hydroxyl groups is 1. The normalized spacial score (nSPS) is 19.7. The lowest BCUT2D eigenvalue weighted by molar-refractivity contribution is -0.140. The molecule has 7 rings (SSSR count). The summed E-state index contributed by atoms with van der Waals surface area (Å²) in [6.07, 6.45) is 0. The molecule has 1 atom stereocenters. The Morgan fingerprint density at radius 2 is 1.55 bits per heavy atom. The van der Waals surface area contributed by atoms with Crippen LogP contribution in [0.5, 0.6) is 40.2 Å². The van der Waals surface area contributed by atoms with Crippen LogP contribution >= 0.6 is 0 Å². The molecule has 0 spiro atoms. The SMILES string of the molecule is COc1cc(C2/C(=C(\O)c3ccc4c(c3)OCCO4)C(=O)C(=O)N2Cc2ccc3c(c2)OCO3)cc2c1OCO2. The van der Waals surface area contributed by atoms with Crippen molar-refractivity contribution >= 4 is 17.4 Å². The maximum absolute atomic E-state index is 13.6. The fourth-order valence-electron chi connectivity index (χ4n) is 5.28. The molecule has 0 aliphatic carbocycles. The number of carbonyl (C=O) groups excluding carboxylic acids is 2. The van der Waals surface area contributed by atoms with Gasteiger partial charge in [0.2, 0.25) is 19.3 Å². The molecular weight excluding hydrogens is 522 g/mol. The molecule has 1 unspecified atom stereocenters. The second-order valence-electron chi connectivity index (χ2n) is 9.43. The van der Waals surface area contributed by atoms with Crippen molar-refractivity contribution in [2.24, 2.45) is 0 Å². The first-order chi connectivity index (χ1) is 19.5. The summed E-state index contributed by atoms with van der Waals surface area (Å²) in [7, 11) is 1.49. The van der Waals surface area contributed by atoms with E-state index in [1.807, 2.05) is 0 Å². The molecule has 0 bridgehead atoms. The third-order valence-corrected chi connectivity index (χ3v) is 7.14. The lowest BCUT2D eigenvalue weighted by atomic mass is 9.94. The summed E-state index contributed by atoms with van der Waals surface area (Å²) < 4.78 is 38.8. The van der Waals surface area contributed by atoms with Crippen LogP contribution in [0.2, 0.25) is 0 Å². The summed E-state index contributed by atoms with van der Waals surface area (Å²) in [4.78, 5) is 28.5. The smallest absolute Gasteiger partial charge is 0.295 e. The summed E-state index contributed by atoms with van der Waals surface area (Å²) in [5.41, 5.74) is 1.44. The van der Waals surface area contributed by atoms with Crippen molar-refractivity contribution in [3.63, 3.8) is 0 Å². The van der Waals surface area contributed by atoms with Crippen molar-refractivity contribution in [1.29, 1.82) is 0 Å². The van der Waals surface area contributed by atoms with Gasteiger partial charge in [0.1, 0.15) is 19.0 Å². The number of aliphatic hydroxyl groups excluding tert-OH is 1. The standard InChI is InChI=1S/C29H23NO10/c1-34-22-10-17(11-23-28(22)40-14-39-23)25-24(26(31)16-3-5-18-21(9-16)36-7-6-35-18)27(32)29(33)30(25)12-15-2-4-19-20(8-15)38-13-37-19/h2-5,8-11,25,31H,6-7,12-14H2,1H3/b26-24+. The monoisotopic (exact) mass is 545 g/mol. The molecule has 1 amide bonds. The van der Waals surface area contributed by atoms with Gasteiger partial charge in [-0.3, -0.25) is 9.59 Å². The number of ether oxygens (including phenoxy) is 7. The molecule has 1 N–H and O–H groups in total. The molecule has 0 aromatic heterocycles. The largest absolute Gasteiger partial charge is 0.507 e. The predicted octanol–water partition coefficient (Wildman–Crippen LogP) is 3.55. The number of benzene rings is 3. The molecule has 0 radical (unpaired) electrons. The fourth-order valence-corrected chi connectivity index (χ4v) is 5.28. The number of rotatable bonds is 5. The highest BCUT2D eigenvalue weighted by atomic mass is 16.7. The number of ketones is 1. The Kier molecular flexibility index (Phi) is 5.58. The highest BCUT2D eigenvalue weighted by molar-refractivity contribution is 6.46. The fraction of sp³-hybridized carbons (Fsp3) is 0.241. The van der Waals surface area contributed by atoms with E-state index < -0.39 is 17.7 Å². The van der Waals surface area contributed by atoms with Crippen molar-refractivity contribution in [2.75, 3.05) is 33.9 Å². The molecule has 4 heterocycles. The van der Waals surface area contributed by atoms with E-state index in [0.717, 1.165) is 0 Å². The minimum Gasteiger partial charge on any atom is -0.507 e. The second-order valence-corrected chi connectivity index (χ2v) is 9.43. The molecule has 3 aromatic carbocycles. The molecule has 1 saturated heterocycles. The van der Waals surface area contributed by atoms with Crippen molar-refractivity contribution in [3.8, 4) is 40.2 Å². The highest BCUT2D eigenvalue weighted by Gasteiger charge is 2.47. The molecule has 4 aliphatic heterocycles. The minimum atomic E-state index is -0.970. The molecule has 40 heavy (non-hydrogen) atoms. The average Bonchev–Trinajstić information content (AvgIpc) is 3.71. The van der Waals surface area contributed by atoms with Crippen molar-refractivity contribution < 1.29 is 47.9 Å². The van der Waals surface area contributed by atoms with Gasteiger partial charge >= 0.3 is 0 Å². The van der Waals surface area contributed by atoms with Gasteiger partial charge < -0.3 is 43.2 Å². The van der Waals surface area contributed by atoms with E-state index in [0.29, 0.717) is 70.2 Å². The van der Waals surface area contributed by atoms with Crippen LogP contribution in [0.4, 0.5) is 0 Å². The Morgan fingerprint density at radius 3 is 2.40 bits per heavy atom. The summed E-state index contributed by atoms with van der Waals surface area (Å²) in [5, 5.41) is 11.5. The third kappa shape index (κ3) is 3.81. The molecule has 11 nitrogen and oxygen atoms in total. The van der Waals surface area contributed by atoms with Gasteiger partial charge in [0.05, 0.1) is 18.7 Å². The first kappa shape index (κ1) is 24.0. The number of nitrogens with zero attached hydrogens (tertiary/aromatic N) is 1. The zero-order valence-electron chi connectivity index (χ0n) is 21.3. The van der Waals surface area contributed by atoms with Crippen LogP contribution in [-0.2, 0) is 16.1 Å². The summed E-state index contributed by atoms with van der Waals surface area (Å²) in [5.74, 6) is 1.38. The summed E-state index contributed by atoms with van der Waals surface area (Å²) in [6, 6.07) is 12.6. The van der Waals surface area contributed by atoms with Gasteiger partial charge in [-0.1, -0.05) is 6.07 Å². The van der Waals surface area contributed by atoms with E-state index in [4.69, 9.17) is 33.2 Å². The van der Waals surface area contributed by atoms with Gasteiger partial charge in [-0.05, 0) is 53.6 Å². The lowest BCUT2D eigenvalue weighted by Crippen LogP contribution is -2.29. The quantitative estimate of drug-likeness (QED) is 0.289. The summed E-state index contributed by atoms with van der Waals surface area (Å²) in [6.45, 7) is 0.934. The van der Waals surface area contributed by atoms with Crippen molar-refractivity contribution in [3.05, 3.63) is 70.8 Å². The van der Waals surface area contributed by atoms with Crippen LogP contribution in [0.25, 0.3) is 5.76 Å². The van der Waals surface area contributed by atoms with Gasteiger partial charge in [0, 0.05) is 12.1 Å². The molecule has 3 aromatic rings. The van der Waals surface area contributed by atoms with Crippen LogP contribution in [0.15, 0.2) is 54.1 Å². The molecule has 1 fully saturated rings. The van der Waals surface area contributed by atoms with Gasteiger partial charge in [-0.15, -0.1) is 0 Å². The van der Waals surface area contributed by atoms with Crippen LogP contribution in [-0.4, -0.2) is 55.6 Å². The average molecular weight is 546 g/mol. The molecule has 4 aliphatic rings. The molecule has 11 heteroatoms. The van der Waals surface area contributed by atoms with Crippen molar-refractivity contribution in [1.82, 2.24) is 4.90 Å². The van der Waals surface area contributed by atoms with Crippen LogP contribution in [0, 0.1) is 0 Å². The Labute approximate surface area is 228 Å².